The lowest BCUT2D eigenvalue weighted by atomic mass is 10.0. The fourth-order valence-corrected chi connectivity index (χ4v) is 4.44. The van der Waals surface area contributed by atoms with Crippen molar-refractivity contribution in [2.45, 2.75) is 19.9 Å². The van der Waals surface area contributed by atoms with Crippen LogP contribution in [0.5, 0.6) is 0 Å². The van der Waals surface area contributed by atoms with E-state index in [0.29, 0.717) is 12.0 Å². The van der Waals surface area contributed by atoms with Gasteiger partial charge in [0.05, 0.1) is 0 Å². The predicted octanol–water partition coefficient (Wildman–Crippen LogP) is 5.08. The average Bonchev–Trinajstić information content (AvgIpc) is 2.78. The fraction of sp³-hybridized carbons (Fsp3) is 0.333. The third-order valence-electron chi connectivity index (χ3n) is 3.11. The highest BCUT2D eigenvalue weighted by molar-refractivity contribution is 14.1. The van der Waals surface area contributed by atoms with Gasteiger partial charge >= 0.3 is 0 Å². The number of rotatable bonds is 4. The summed E-state index contributed by atoms with van der Waals surface area (Å²) >= 11 is 3.97. The number of hydrogen-bond donors (Lipinski definition) is 1. The maximum atomic E-state index is 13.1. The molecule has 0 aliphatic carbocycles. The van der Waals surface area contributed by atoms with Crippen LogP contribution in [-0.2, 0) is 0 Å². The number of nitrogens with one attached hydrogen (secondary N) is 1. The second kappa shape index (κ2) is 6.33. The molecule has 0 amide bonds. The molecule has 1 nitrogen and oxygen atoms in total. The standard InChI is InChI=1S/C15H17FINS/c1-9(2)15(18-3)14-7-6-13(19-14)11-5-4-10(16)8-12(11)17/h4-9,15,18H,1-3H3. The first-order chi connectivity index (χ1) is 9.02. The monoisotopic (exact) mass is 389 g/mol. The highest BCUT2D eigenvalue weighted by atomic mass is 127. The first kappa shape index (κ1) is 14.9. The molecule has 1 N–H and O–H groups in total. The van der Waals surface area contributed by atoms with Crippen molar-refractivity contribution < 1.29 is 4.39 Å². The summed E-state index contributed by atoms with van der Waals surface area (Å²) in [7, 11) is 1.99. The molecule has 102 valence electrons. The number of benzene rings is 1. The van der Waals surface area contributed by atoms with Crippen LogP contribution in [0.15, 0.2) is 30.3 Å². The van der Waals surface area contributed by atoms with Crippen molar-refractivity contribution in [3.05, 3.63) is 44.6 Å². The van der Waals surface area contributed by atoms with Gasteiger partial charge in [0.2, 0.25) is 0 Å². The van der Waals surface area contributed by atoms with E-state index in [4.69, 9.17) is 0 Å². The first-order valence-corrected chi connectivity index (χ1v) is 8.15. The summed E-state index contributed by atoms with van der Waals surface area (Å²) in [5.74, 6) is 0.365. The van der Waals surface area contributed by atoms with E-state index in [0.717, 1.165) is 9.13 Å². The van der Waals surface area contributed by atoms with E-state index < -0.39 is 0 Å². The summed E-state index contributed by atoms with van der Waals surface area (Å²) in [5, 5.41) is 3.35. The van der Waals surface area contributed by atoms with Gasteiger partial charge in [-0.25, -0.2) is 4.39 Å². The van der Waals surface area contributed by atoms with Crippen LogP contribution in [0, 0.1) is 15.3 Å². The van der Waals surface area contributed by atoms with Crippen LogP contribution in [0.25, 0.3) is 10.4 Å². The van der Waals surface area contributed by atoms with Gasteiger partial charge in [-0.05, 0) is 65.9 Å². The molecule has 0 bridgehead atoms. The Balaban J connectivity index is 2.35. The largest absolute Gasteiger partial charge is 0.312 e. The van der Waals surface area contributed by atoms with Crippen LogP contribution in [0.2, 0.25) is 0 Å². The van der Waals surface area contributed by atoms with Gasteiger partial charge in [-0.1, -0.05) is 13.8 Å². The molecule has 1 aromatic carbocycles. The lowest BCUT2D eigenvalue weighted by molar-refractivity contribution is 0.449. The molecule has 0 saturated carbocycles. The normalized spacial score (nSPS) is 12.9. The number of halogens is 2. The Morgan fingerprint density at radius 2 is 1.95 bits per heavy atom. The lowest BCUT2D eigenvalue weighted by Gasteiger charge is -2.18. The quantitative estimate of drug-likeness (QED) is 0.720. The van der Waals surface area contributed by atoms with E-state index in [1.54, 1.807) is 17.4 Å². The minimum atomic E-state index is -0.180. The summed E-state index contributed by atoms with van der Waals surface area (Å²) in [6, 6.07) is 9.62. The molecule has 2 rings (SSSR count). The molecule has 0 aliphatic rings. The zero-order chi connectivity index (χ0) is 14.0. The van der Waals surface area contributed by atoms with Crippen LogP contribution >= 0.6 is 33.9 Å². The molecule has 0 radical (unpaired) electrons. The SMILES string of the molecule is CNC(c1ccc(-c2ccc(F)cc2I)s1)C(C)C. The molecule has 0 spiro atoms. The second-order valence-corrected chi connectivity index (χ2v) is 7.11. The first-order valence-electron chi connectivity index (χ1n) is 6.25. The van der Waals surface area contributed by atoms with Crippen LogP contribution < -0.4 is 5.32 Å². The van der Waals surface area contributed by atoms with Crippen LogP contribution in [0.3, 0.4) is 0 Å². The Morgan fingerprint density at radius 3 is 2.53 bits per heavy atom. The number of thiophene rings is 1. The Morgan fingerprint density at radius 1 is 1.21 bits per heavy atom. The molecule has 1 atom stereocenters. The zero-order valence-corrected chi connectivity index (χ0v) is 14.2. The Labute approximate surface area is 131 Å². The van der Waals surface area contributed by atoms with E-state index in [9.17, 15) is 4.39 Å². The van der Waals surface area contributed by atoms with E-state index in [1.165, 1.54) is 15.8 Å². The molecular weight excluding hydrogens is 372 g/mol. The van der Waals surface area contributed by atoms with E-state index in [2.05, 4.69) is 53.9 Å². The van der Waals surface area contributed by atoms with Crippen molar-refractivity contribution >= 4 is 33.9 Å². The molecule has 0 saturated heterocycles. The molecule has 0 fully saturated rings. The third kappa shape index (κ3) is 3.35. The van der Waals surface area contributed by atoms with Crippen molar-refractivity contribution in [1.29, 1.82) is 0 Å². The molecule has 1 unspecified atom stereocenters. The third-order valence-corrected chi connectivity index (χ3v) is 5.20. The van der Waals surface area contributed by atoms with Crippen LogP contribution in [-0.4, -0.2) is 7.05 Å². The van der Waals surface area contributed by atoms with Crippen LogP contribution in [0.4, 0.5) is 4.39 Å². The van der Waals surface area contributed by atoms with Gasteiger partial charge in [0.1, 0.15) is 5.82 Å². The highest BCUT2D eigenvalue weighted by Gasteiger charge is 2.16. The highest BCUT2D eigenvalue weighted by Crippen LogP contribution is 2.36. The summed E-state index contributed by atoms with van der Waals surface area (Å²) in [6.07, 6.45) is 0. The maximum Gasteiger partial charge on any atom is 0.124 e. The molecule has 4 heteroatoms. The van der Waals surface area contributed by atoms with Gasteiger partial charge in [-0.15, -0.1) is 11.3 Å². The van der Waals surface area contributed by atoms with Crippen LogP contribution in [0.1, 0.15) is 24.8 Å². The van der Waals surface area contributed by atoms with Gasteiger partial charge in [-0.2, -0.15) is 0 Å². The zero-order valence-electron chi connectivity index (χ0n) is 11.2. The van der Waals surface area contributed by atoms with Gasteiger partial charge in [0.15, 0.2) is 0 Å². The molecular formula is C15H17FINS. The van der Waals surface area contributed by atoms with E-state index in [-0.39, 0.29) is 5.82 Å². The summed E-state index contributed by atoms with van der Waals surface area (Å²) in [4.78, 5) is 2.52. The predicted molar refractivity (Wildman–Crippen MR) is 89.1 cm³/mol. The van der Waals surface area contributed by atoms with Crippen molar-refractivity contribution in [1.82, 2.24) is 5.32 Å². The second-order valence-electron chi connectivity index (χ2n) is 4.84. The van der Waals surface area contributed by atoms with Crippen molar-refractivity contribution in [3.8, 4) is 10.4 Å². The topological polar surface area (TPSA) is 12.0 Å². The smallest absolute Gasteiger partial charge is 0.124 e. The average molecular weight is 389 g/mol. The molecule has 1 aromatic heterocycles. The molecule has 2 aromatic rings. The van der Waals surface area contributed by atoms with Gasteiger partial charge in [-0.3, -0.25) is 0 Å². The number of hydrogen-bond acceptors (Lipinski definition) is 2. The summed E-state index contributed by atoms with van der Waals surface area (Å²) < 4.78 is 14.1. The Bertz CT molecular complexity index is 565. The van der Waals surface area contributed by atoms with Gasteiger partial charge in [0.25, 0.3) is 0 Å². The molecule has 0 aliphatic heterocycles. The van der Waals surface area contributed by atoms with Crippen molar-refractivity contribution in [2.24, 2.45) is 5.92 Å². The molecule has 1 heterocycles. The summed E-state index contributed by atoms with van der Waals surface area (Å²) in [6.45, 7) is 4.42. The Kier molecular flexibility index (Phi) is 4.97. The lowest BCUT2D eigenvalue weighted by Crippen LogP contribution is -2.20. The maximum absolute atomic E-state index is 13.1. The van der Waals surface area contributed by atoms with E-state index >= 15 is 0 Å². The van der Waals surface area contributed by atoms with Gasteiger partial charge < -0.3 is 5.32 Å². The molecule has 19 heavy (non-hydrogen) atoms. The van der Waals surface area contributed by atoms with Gasteiger partial charge in [0, 0.05) is 24.9 Å². The fourth-order valence-electron chi connectivity index (χ4n) is 2.16. The minimum absolute atomic E-state index is 0.180. The van der Waals surface area contributed by atoms with E-state index in [1.807, 2.05) is 13.1 Å². The summed E-state index contributed by atoms with van der Waals surface area (Å²) in [5.41, 5.74) is 1.11. The van der Waals surface area contributed by atoms with Crippen molar-refractivity contribution in [2.75, 3.05) is 7.05 Å². The minimum Gasteiger partial charge on any atom is -0.312 e. The Hall–Kier alpha value is -0.460. The van der Waals surface area contributed by atoms with Crippen molar-refractivity contribution in [3.63, 3.8) is 0 Å².